The summed E-state index contributed by atoms with van der Waals surface area (Å²) in [5, 5.41) is 0. The molecule has 0 spiro atoms. The van der Waals surface area contributed by atoms with Gasteiger partial charge in [0.05, 0.1) is 4.90 Å². The fourth-order valence-corrected chi connectivity index (χ4v) is 5.30. The Balaban J connectivity index is 2.19. The van der Waals surface area contributed by atoms with Crippen LogP contribution in [0.5, 0.6) is 0 Å². The fraction of sp³-hybridized carbons (Fsp3) is 0.263. The highest BCUT2D eigenvalue weighted by Crippen LogP contribution is 2.33. The van der Waals surface area contributed by atoms with Gasteiger partial charge in [-0.1, -0.05) is 56.8 Å². The van der Waals surface area contributed by atoms with Gasteiger partial charge in [0.2, 0.25) is 9.84 Å². The Bertz CT molecular complexity index is 735. The van der Waals surface area contributed by atoms with Crippen molar-refractivity contribution in [3.8, 4) is 0 Å². The molecule has 0 fully saturated rings. The van der Waals surface area contributed by atoms with Gasteiger partial charge < -0.3 is 0 Å². The minimum atomic E-state index is -3.50. The first-order valence-corrected chi connectivity index (χ1v) is 10.1. The van der Waals surface area contributed by atoms with Crippen molar-refractivity contribution in [2.24, 2.45) is 11.8 Å². The van der Waals surface area contributed by atoms with Crippen LogP contribution in [0.15, 0.2) is 81.9 Å². The maximum Gasteiger partial charge on any atom is 0.202 e. The van der Waals surface area contributed by atoms with Gasteiger partial charge in [0.1, 0.15) is 0 Å². The Hall–Kier alpha value is -1.52. The topological polar surface area (TPSA) is 34.1 Å². The van der Waals surface area contributed by atoms with Crippen molar-refractivity contribution in [2.45, 2.75) is 23.6 Å². The molecule has 122 valence electrons. The van der Waals surface area contributed by atoms with E-state index in [1.807, 2.05) is 50.2 Å². The van der Waals surface area contributed by atoms with E-state index in [-0.39, 0.29) is 11.8 Å². The van der Waals surface area contributed by atoms with Gasteiger partial charge in [-0.3, -0.25) is 0 Å². The summed E-state index contributed by atoms with van der Waals surface area (Å²) >= 11 is 1.67. The van der Waals surface area contributed by atoms with E-state index >= 15 is 0 Å². The lowest BCUT2D eigenvalue weighted by Crippen LogP contribution is -2.20. The molecule has 0 aliphatic carbocycles. The molecular weight excluding hydrogens is 324 g/mol. The van der Waals surface area contributed by atoms with E-state index < -0.39 is 9.84 Å². The molecule has 0 saturated carbocycles. The molecule has 0 unspecified atom stereocenters. The zero-order valence-electron chi connectivity index (χ0n) is 13.5. The first-order chi connectivity index (χ1) is 10.9. The number of benzene rings is 2. The highest BCUT2D eigenvalue weighted by atomic mass is 32.2. The Morgan fingerprint density at radius 1 is 1.00 bits per heavy atom. The van der Waals surface area contributed by atoms with Crippen molar-refractivity contribution in [3.05, 3.63) is 72.1 Å². The summed E-state index contributed by atoms with van der Waals surface area (Å²) in [6, 6.07) is 18.6. The van der Waals surface area contributed by atoms with E-state index in [0.717, 1.165) is 4.90 Å². The maximum absolute atomic E-state index is 12.8. The van der Waals surface area contributed by atoms with E-state index in [4.69, 9.17) is 0 Å². The molecule has 0 heterocycles. The van der Waals surface area contributed by atoms with E-state index in [1.54, 1.807) is 36.0 Å². The van der Waals surface area contributed by atoms with E-state index in [1.165, 1.54) is 0 Å². The minimum absolute atomic E-state index is 0.0922. The molecule has 0 radical (unpaired) electrons. The lowest BCUT2D eigenvalue weighted by molar-refractivity contribution is 0.496. The molecule has 2 rings (SSSR count). The van der Waals surface area contributed by atoms with Crippen molar-refractivity contribution in [2.75, 3.05) is 5.75 Å². The van der Waals surface area contributed by atoms with Crippen LogP contribution >= 0.6 is 11.8 Å². The number of hydrogen-bond donors (Lipinski definition) is 0. The molecule has 2 nitrogen and oxygen atoms in total. The van der Waals surface area contributed by atoms with E-state index in [0.29, 0.717) is 15.6 Å². The van der Waals surface area contributed by atoms with Crippen LogP contribution in [-0.2, 0) is 9.84 Å². The standard InChI is InChI=1S/C19H22O2S2/c1-15(2)19(14-22-17-10-6-4-7-11-17)16(3)23(20,21)18-12-8-5-9-13-18/h4-13,15,19H,3,14H2,1-2H3/t19-/m0/s1. The SMILES string of the molecule is C=C([C@@H](CSc1ccccc1)C(C)C)S(=O)(=O)c1ccccc1. The number of sulfone groups is 1. The summed E-state index contributed by atoms with van der Waals surface area (Å²) in [6.07, 6.45) is 0. The summed E-state index contributed by atoms with van der Waals surface area (Å²) in [5.41, 5.74) is 0. The second-order valence-electron chi connectivity index (χ2n) is 5.76. The average molecular weight is 347 g/mol. The van der Waals surface area contributed by atoms with Crippen LogP contribution in [0.4, 0.5) is 0 Å². The Kier molecular flexibility index (Phi) is 6.08. The van der Waals surface area contributed by atoms with Crippen molar-refractivity contribution in [1.29, 1.82) is 0 Å². The minimum Gasteiger partial charge on any atom is -0.219 e. The summed E-state index contributed by atoms with van der Waals surface area (Å²) in [4.78, 5) is 1.77. The second-order valence-corrected chi connectivity index (χ2v) is 8.85. The van der Waals surface area contributed by atoms with Gasteiger partial charge in [-0.15, -0.1) is 11.8 Å². The monoisotopic (exact) mass is 346 g/mol. The first kappa shape index (κ1) is 17.8. The molecule has 0 aliphatic rings. The van der Waals surface area contributed by atoms with Crippen LogP contribution in [0.2, 0.25) is 0 Å². The van der Waals surface area contributed by atoms with Crippen LogP contribution < -0.4 is 0 Å². The van der Waals surface area contributed by atoms with Crippen molar-refractivity contribution >= 4 is 21.6 Å². The smallest absolute Gasteiger partial charge is 0.202 e. The zero-order valence-corrected chi connectivity index (χ0v) is 15.1. The van der Waals surface area contributed by atoms with Gasteiger partial charge >= 0.3 is 0 Å². The molecule has 0 saturated heterocycles. The largest absolute Gasteiger partial charge is 0.219 e. The molecule has 23 heavy (non-hydrogen) atoms. The van der Waals surface area contributed by atoms with E-state index in [2.05, 4.69) is 6.58 Å². The molecule has 0 bridgehead atoms. The fourth-order valence-electron chi connectivity index (χ4n) is 2.31. The third kappa shape index (κ3) is 4.49. The Morgan fingerprint density at radius 2 is 1.52 bits per heavy atom. The second kappa shape index (κ2) is 7.84. The summed E-state index contributed by atoms with van der Waals surface area (Å²) in [7, 11) is -3.50. The third-order valence-electron chi connectivity index (χ3n) is 3.79. The highest BCUT2D eigenvalue weighted by molar-refractivity contribution is 7.99. The summed E-state index contributed by atoms with van der Waals surface area (Å²) in [5.74, 6) is 0.814. The van der Waals surface area contributed by atoms with Crippen molar-refractivity contribution < 1.29 is 8.42 Å². The van der Waals surface area contributed by atoms with Gasteiger partial charge in [-0.2, -0.15) is 0 Å². The molecule has 0 aliphatic heterocycles. The molecule has 2 aromatic carbocycles. The molecule has 4 heteroatoms. The predicted molar refractivity (Wildman–Crippen MR) is 98.3 cm³/mol. The first-order valence-electron chi connectivity index (χ1n) is 7.59. The van der Waals surface area contributed by atoms with E-state index in [9.17, 15) is 8.42 Å². The summed E-state index contributed by atoms with van der Waals surface area (Å²) in [6.45, 7) is 8.02. The number of thioether (sulfide) groups is 1. The van der Waals surface area contributed by atoms with Crippen LogP contribution in [0.25, 0.3) is 0 Å². The lowest BCUT2D eigenvalue weighted by Gasteiger charge is -2.23. The van der Waals surface area contributed by atoms with Gasteiger partial charge in [-0.25, -0.2) is 8.42 Å². The molecule has 0 amide bonds. The Morgan fingerprint density at radius 3 is 2.04 bits per heavy atom. The molecule has 0 aromatic heterocycles. The lowest BCUT2D eigenvalue weighted by atomic mass is 9.98. The van der Waals surface area contributed by atoms with Crippen LogP contribution in [-0.4, -0.2) is 14.2 Å². The normalized spacial score (nSPS) is 13.0. The predicted octanol–water partition coefficient (Wildman–Crippen LogP) is 5.04. The number of rotatable bonds is 7. The van der Waals surface area contributed by atoms with Crippen LogP contribution in [0.1, 0.15) is 13.8 Å². The number of allylic oxidation sites excluding steroid dienone is 1. The molecule has 1 atom stereocenters. The Labute approximate surface area is 143 Å². The zero-order chi connectivity index (χ0) is 16.9. The van der Waals surface area contributed by atoms with Gasteiger partial charge in [0, 0.05) is 21.5 Å². The van der Waals surface area contributed by atoms with Crippen molar-refractivity contribution in [1.82, 2.24) is 0 Å². The molecule has 0 N–H and O–H groups in total. The van der Waals surface area contributed by atoms with Crippen LogP contribution in [0.3, 0.4) is 0 Å². The van der Waals surface area contributed by atoms with Gasteiger partial charge in [0.15, 0.2) is 0 Å². The molecular formula is C19H22O2S2. The summed E-state index contributed by atoms with van der Waals surface area (Å²) < 4.78 is 25.6. The quantitative estimate of drug-likeness (QED) is 0.659. The third-order valence-corrected chi connectivity index (χ3v) is 6.81. The average Bonchev–Trinajstić information content (AvgIpc) is 2.56. The highest BCUT2D eigenvalue weighted by Gasteiger charge is 2.28. The number of hydrogen-bond acceptors (Lipinski definition) is 3. The van der Waals surface area contributed by atoms with Gasteiger partial charge in [-0.05, 0) is 30.2 Å². The molecule has 2 aromatic rings. The van der Waals surface area contributed by atoms with Crippen molar-refractivity contribution in [3.63, 3.8) is 0 Å². The van der Waals surface area contributed by atoms with Crippen LogP contribution in [0, 0.1) is 11.8 Å². The van der Waals surface area contributed by atoms with Gasteiger partial charge in [0.25, 0.3) is 0 Å². The maximum atomic E-state index is 12.8.